The number of aromatic nitrogens is 3. The van der Waals surface area contributed by atoms with Crippen molar-refractivity contribution in [2.45, 2.75) is 0 Å². The van der Waals surface area contributed by atoms with Gasteiger partial charge in [-0.2, -0.15) is 0 Å². The van der Waals surface area contributed by atoms with Gasteiger partial charge < -0.3 is 0 Å². The van der Waals surface area contributed by atoms with Crippen LogP contribution in [0.25, 0.3) is 16.2 Å². The summed E-state index contributed by atoms with van der Waals surface area (Å²) in [6, 6.07) is 8.02. The largest absolute Gasteiger partial charge is 0.217 e. The van der Waals surface area contributed by atoms with Gasteiger partial charge >= 0.3 is 0 Å². The van der Waals surface area contributed by atoms with Gasteiger partial charge in [0.1, 0.15) is 0 Å². The summed E-state index contributed by atoms with van der Waals surface area (Å²) in [4.78, 5) is 5.41. The molecule has 3 rings (SSSR count). The Morgan fingerprint density at radius 3 is 2.75 bits per heavy atom. The Morgan fingerprint density at radius 2 is 2.00 bits per heavy atom. The highest BCUT2D eigenvalue weighted by Crippen LogP contribution is 2.29. The average molecular weight is 359 g/mol. The van der Waals surface area contributed by atoms with Gasteiger partial charge in [-0.05, 0) is 22.0 Å². The minimum Gasteiger partial charge on any atom is -0.217 e. The van der Waals surface area contributed by atoms with Gasteiger partial charge in [-0.3, -0.25) is 0 Å². The maximum Gasteiger partial charge on any atom is 0.213 e. The van der Waals surface area contributed by atoms with Gasteiger partial charge in [0.25, 0.3) is 0 Å². The summed E-state index contributed by atoms with van der Waals surface area (Å²) in [5, 5.41) is 4.26. The van der Waals surface area contributed by atoms with Gasteiger partial charge in [0, 0.05) is 10.0 Å². The minimum atomic E-state index is 0.841. The molecule has 80 valence electrons. The molecule has 1 aromatic carbocycles. The lowest BCUT2D eigenvalue weighted by Gasteiger charge is -1.98. The topological polar surface area (TPSA) is 30.2 Å². The van der Waals surface area contributed by atoms with E-state index in [1.54, 1.807) is 4.52 Å². The van der Waals surface area contributed by atoms with Crippen molar-refractivity contribution in [3.63, 3.8) is 0 Å². The first-order chi connectivity index (χ1) is 7.74. The van der Waals surface area contributed by atoms with Crippen LogP contribution in [0.5, 0.6) is 0 Å². The third-order valence-corrected chi connectivity index (χ3v) is 4.22. The Labute approximate surface area is 112 Å². The molecule has 2 heterocycles. The minimum absolute atomic E-state index is 0.841. The van der Waals surface area contributed by atoms with Crippen molar-refractivity contribution in [3.05, 3.63) is 38.9 Å². The number of fused-ring (bicyclic) bond motifs is 1. The molecule has 0 saturated heterocycles. The molecule has 0 aliphatic heterocycles. The highest BCUT2D eigenvalue weighted by molar-refractivity contribution is 9.11. The van der Waals surface area contributed by atoms with Crippen molar-refractivity contribution in [1.29, 1.82) is 0 Å². The molecule has 3 aromatic rings. The molecule has 3 nitrogen and oxygen atoms in total. The first kappa shape index (κ1) is 10.4. The SMILES string of the molecule is Brc1nn2cc(-c3ccccc3Br)nc2s1. The van der Waals surface area contributed by atoms with Gasteiger partial charge in [-0.1, -0.05) is 45.5 Å². The lowest BCUT2D eigenvalue weighted by molar-refractivity contribution is 0.959. The molecule has 0 aliphatic rings. The normalized spacial score (nSPS) is 11.1. The molecule has 2 aromatic heterocycles. The van der Waals surface area contributed by atoms with Gasteiger partial charge in [0.05, 0.1) is 11.9 Å². The van der Waals surface area contributed by atoms with Crippen LogP contribution in [0.15, 0.2) is 38.9 Å². The number of rotatable bonds is 1. The fraction of sp³-hybridized carbons (Fsp3) is 0. The van der Waals surface area contributed by atoms with E-state index >= 15 is 0 Å². The second-order valence-electron chi connectivity index (χ2n) is 3.19. The molecule has 0 spiro atoms. The summed E-state index contributed by atoms with van der Waals surface area (Å²) < 4.78 is 3.66. The summed E-state index contributed by atoms with van der Waals surface area (Å²) in [6.45, 7) is 0. The summed E-state index contributed by atoms with van der Waals surface area (Å²) in [6.07, 6.45) is 1.93. The van der Waals surface area contributed by atoms with Crippen molar-refractivity contribution in [2.24, 2.45) is 0 Å². The van der Waals surface area contributed by atoms with Crippen LogP contribution in [-0.4, -0.2) is 14.6 Å². The van der Waals surface area contributed by atoms with Crippen molar-refractivity contribution in [2.75, 3.05) is 0 Å². The van der Waals surface area contributed by atoms with E-state index in [4.69, 9.17) is 0 Å². The molecule has 0 radical (unpaired) electrons. The van der Waals surface area contributed by atoms with E-state index in [-0.39, 0.29) is 0 Å². The number of nitrogens with zero attached hydrogens (tertiary/aromatic N) is 3. The van der Waals surface area contributed by atoms with Crippen LogP contribution in [0.2, 0.25) is 0 Å². The lowest BCUT2D eigenvalue weighted by atomic mass is 10.2. The van der Waals surface area contributed by atoms with Crippen LogP contribution in [0, 0.1) is 0 Å². The van der Waals surface area contributed by atoms with E-state index in [1.807, 2.05) is 30.5 Å². The molecule has 6 heteroatoms. The Morgan fingerprint density at radius 1 is 1.19 bits per heavy atom. The first-order valence-corrected chi connectivity index (χ1v) is 6.91. The number of benzene rings is 1. The van der Waals surface area contributed by atoms with Crippen LogP contribution < -0.4 is 0 Å². The van der Waals surface area contributed by atoms with Crippen LogP contribution in [0.4, 0.5) is 0 Å². The van der Waals surface area contributed by atoms with Gasteiger partial charge in [0.15, 0.2) is 3.92 Å². The standard InChI is InChI=1S/C10H5Br2N3S/c11-7-4-2-1-3-6(7)8-5-15-10(13-8)16-9(12)14-15/h1-5H. The molecule has 0 saturated carbocycles. The van der Waals surface area contributed by atoms with E-state index in [0.717, 1.165) is 24.6 Å². The molecular weight excluding hydrogens is 354 g/mol. The first-order valence-electron chi connectivity index (χ1n) is 4.50. The van der Waals surface area contributed by atoms with Crippen LogP contribution in [-0.2, 0) is 0 Å². The maximum absolute atomic E-state index is 4.52. The number of imidazole rings is 1. The summed E-state index contributed by atoms with van der Waals surface area (Å²) >= 11 is 8.37. The Balaban J connectivity index is 2.19. The zero-order valence-electron chi connectivity index (χ0n) is 7.89. The zero-order chi connectivity index (χ0) is 11.1. The third-order valence-electron chi connectivity index (χ3n) is 2.17. The van der Waals surface area contributed by atoms with E-state index in [9.17, 15) is 0 Å². The Bertz CT molecular complexity index is 627. The lowest BCUT2D eigenvalue weighted by Crippen LogP contribution is -1.80. The predicted octanol–water partition coefficient (Wildman–Crippen LogP) is 3.98. The molecule has 0 N–H and O–H groups in total. The molecule has 0 unspecified atom stereocenters. The maximum atomic E-state index is 4.52. The van der Waals surface area contributed by atoms with Crippen molar-refractivity contribution < 1.29 is 0 Å². The number of hydrogen-bond acceptors (Lipinski definition) is 3. The van der Waals surface area contributed by atoms with Crippen LogP contribution >= 0.6 is 43.2 Å². The van der Waals surface area contributed by atoms with E-state index in [0.29, 0.717) is 0 Å². The van der Waals surface area contributed by atoms with Crippen LogP contribution in [0.1, 0.15) is 0 Å². The third kappa shape index (κ3) is 1.70. The molecule has 0 aliphatic carbocycles. The number of halogens is 2. The van der Waals surface area contributed by atoms with Crippen molar-refractivity contribution in [3.8, 4) is 11.3 Å². The van der Waals surface area contributed by atoms with Gasteiger partial charge in [-0.25, -0.2) is 9.50 Å². The van der Waals surface area contributed by atoms with E-state index in [1.165, 1.54) is 11.3 Å². The average Bonchev–Trinajstić information content (AvgIpc) is 2.75. The summed E-state index contributed by atoms with van der Waals surface area (Å²) in [7, 11) is 0. The molecule has 0 amide bonds. The predicted molar refractivity (Wildman–Crippen MR) is 71.7 cm³/mol. The zero-order valence-corrected chi connectivity index (χ0v) is 11.9. The van der Waals surface area contributed by atoms with E-state index in [2.05, 4.69) is 41.9 Å². The molecule has 16 heavy (non-hydrogen) atoms. The quantitative estimate of drug-likeness (QED) is 0.658. The summed E-state index contributed by atoms with van der Waals surface area (Å²) in [5.74, 6) is 0. The Kier molecular flexibility index (Phi) is 2.57. The fourth-order valence-electron chi connectivity index (χ4n) is 1.47. The van der Waals surface area contributed by atoms with E-state index < -0.39 is 0 Å². The van der Waals surface area contributed by atoms with Crippen molar-refractivity contribution in [1.82, 2.24) is 14.6 Å². The smallest absolute Gasteiger partial charge is 0.213 e. The Hall–Kier alpha value is -0.720. The highest BCUT2D eigenvalue weighted by Gasteiger charge is 2.09. The molecular formula is C10H5Br2N3S. The highest BCUT2D eigenvalue weighted by atomic mass is 79.9. The second kappa shape index (κ2) is 3.94. The number of hydrogen-bond donors (Lipinski definition) is 0. The van der Waals surface area contributed by atoms with Crippen LogP contribution in [0.3, 0.4) is 0 Å². The molecule has 0 bridgehead atoms. The molecule has 0 fully saturated rings. The van der Waals surface area contributed by atoms with Gasteiger partial charge in [0.2, 0.25) is 4.96 Å². The van der Waals surface area contributed by atoms with Gasteiger partial charge in [-0.15, -0.1) is 5.10 Å². The fourth-order valence-corrected chi connectivity index (χ4v) is 3.18. The monoisotopic (exact) mass is 357 g/mol. The van der Waals surface area contributed by atoms with Crippen molar-refractivity contribution >= 4 is 48.2 Å². The second-order valence-corrected chi connectivity index (χ2v) is 6.27. The molecule has 0 atom stereocenters. The summed E-state index contributed by atoms with van der Waals surface area (Å²) in [5.41, 5.74) is 2.01.